The number of hydrogen-bond donors (Lipinski definition) is 1. The molecular weight excluding hydrogens is 240 g/mol. The zero-order chi connectivity index (χ0) is 12.8. The minimum Gasteiger partial charge on any atom is -0.392 e. The average Bonchev–Trinajstić information content (AvgIpc) is 2.46. The molecule has 2 atom stereocenters. The van der Waals surface area contributed by atoms with Crippen molar-refractivity contribution >= 4 is 11.8 Å². The summed E-state index contributed by atoms with van der Waals surface area (Å²) in [6, 6.07) is 20.5. The smallest absolute Gasteiger partial charge is 0.0700 e. The zero-order valence-corrected chi connectivity index (χ0v) is 11.3. The maximum Gasteiger partial charge on any atom is 0.0700 e. The SMILES string of the molecule is CC[C@H](O)[C@H](Sc1ccccc1)c1ccccc1. The Bertz CT molecular complexity index is 455. The molecule has 1 N–H and O–H groups in total. The maximum absolute atomic E-state index is 10.2. The van der Waals surface area contributed by atoms with Crippen molar-refractivity contribution in [3.63, 3.8) is 0 Å². The molecule has 0 bridgehead atoms. The molecule has 0 saturated carbocycles. The molecule has 2 aromatic rings. The third-order valence-corrected chi connectivity index (χ3v) is 4.29. The summed E-state index contributed by atoms with van der Waals surface area (Å²) in [5.74, 6) is 0. The van der Waals surface area contributed by atoms with Crippen LogP contribution in [0.15, 0.2) is 65.6 Å². The molecule has 0 aliphatic carbocycles. The lowest BCUT2D eigenvalue weighted by Crippen LogP contribution is -2.14. The van der Waals surface area contributed by atoms with Crippen LogP contribution < -0.4 is 0 Å². The van der Waals surface area contributed by atoms with Crippen LogP contribution in [-0.2, 0) is 0 Å². The molecule has 0 aliphatic rings. The molecule has 0 unspecified atom stereocenters. The minimum absolute atomic E-state index is 0.0959. The van der Waals surface area contributed by atoms with E-state index in [1.165, 1.54) is 10.5 Å². The highest BCUT2D eigenvalue weighted by Crippen LogP contribution is 2.38. The molecule has 1 nitrogen and oxygen atoms in total. The van der Waals surface area contributed by atoms with E-state index in [0.717, 1.165) is 6.42 Å². The van der Waals surface area contributed by atoms with E-state index in [4.69, 9.17) is 0 Å². The molecule has 94 valence electrons. The van der Waals surface area contributed by atoms with Gasteiger partial charge in [-0.3, -0.25) is 0 Å². The molecule has 2 heteroatoms. The Labute approximate surface area is 113 Å². The Balaban J connectivity index is 2.21. The summed E-state index contributed by atoms with van der Waals surface area (Å²) in [6.07, 6.45) is 0.442. The maximum atomic E-state index is 10.2. The third kappa shape index (κ3) is 3.37. The van der Waals surface area contributed by atoms with E-state index in [9.17, 15) is 5.11 Å². The van der Waals surface area contributed by atoms with Crippen molar-refractivity contribution in [1.82, 2.24) is 0 Å². The minimum atomic E-state index is -0.322. The van der Waals surface area contributed by atoms with E-state index < -0.39 is 0 Å². The van der Waals surface area contributed by atoms with Gasteiger partial charge in [-0.1, -0.05) is 55.5 Å². The Morgan fingerprint density at radius 1 is 0.944 bits per heavy atom. The van der Waals surface area contributed by atoms with Gasteiger partial charge in [-0.2, -0.15) is 0 Å². The fourth-order valence-corrected chi connectivity index (χ4v) is 3.12. The van der Waals surface area contributed by atoms with E-state index in [0.29, 0.717) is 0 Å². The van der Waals surface area contributed by atoms with Gasteiger partial charge in [0.1, 0.15) is 0 Å². The summed E-state index contributed by atoms with van der Waals surface area (Å²) in [4.78, 5) is 1.19. The van der Waals surface area contributed by atoms with Crippen LogP contribution in [-0.4, -0.2) is 11.2 Å². The second kappa shape index (κ2) is 6.62. The summed E-state index contributed by atoms with van der Waals surface area (Å²) >= 11 is 1.72. The summed E-state index contributed by atoms with van der Waals surface area (Å²) in [6.45, 7) is 2.02. The molecule has 18 heavy (non-hydrogen) atoms. The van der Waals surface area contributed by atoms with Gasteiger partial charge in [-0.15, -0.1) is 11.8 Å². The third-order valence-electron chi connectivity index (χ3n) is 2.90. The van der Waals surface area contributed by atoms with E-state index in [2.05, 4.69) is 24.3 Å². The van der Waals surface area contributed by atoms with Gasteiger partial charge < -0.3 is 5.11 Å². The van der Waals surface area contributed by atoms with Gasteiger partial charge in [0.25, 0.3) is 0 Å². The summed E-state index contributed by atoms with van der Waals surface area (Å²) in [5.41, 5.74) is 1.18. The number of rotatable bonds is 5. The summed E-state index contributed by atoms with van der Waals surface area (Å²) in [7, 11) is 0. The lowest BCUT2D eigenvalue weighted by atomic mass is 10.1. The first-order valence-corrected chi connectivity index (χ1v) is 7.14. The van der Waals surface area contributed by atoms with Crippen molar-refractivity contribution in [3.05, 3.63) is 66.2 Å². The lowest BCUT2D eigenvalue weighted by Gasteiger charge is -2.22. The molecule has 2 rings (SSSR count). The van der Waals surface area contributed by atoms with Crippen LogP contribution in [0.25, 0.3) is 0 Å². The highest BCUT2D eigenvalue weighted by molar-refractivity contribution is 7.99. The van der Waals surface area contributed by atoms with Crippen LogP contribution in [0.1, 0.15) is 24.2 Å². The Morgan fingerprint density at radius 3 is 2.06 bits per heavy atom. The van der Waals surface area contributed by atoms with Crippen molar-refractivity contribution in [2.45, 2.75) is 29.6 Å². The molecule has 0 aliphatic heterocycles. The van der Waals surface area contributed by atoms with Crippen LogP contribution in [0.2, 0.25) is 0 Å². The molecule has 0 radical (unpaired) electrons. The number of aliphatic hydroxyl groups excluding tert-OH is 1. The number of hydrogen-bond acceptors (Lipinski definition) is 2. The summed E-state index contributed by atoms with van der Waals surface area (Å²) in [5, 5.41) is 10.3. The number of benzene rings is 2. The molecular formula is C16H18OS. The lowest BCUT2D eigenvalue weighted by molar-refractivity contribution is 0.167. The van der Waals surface area contributed by atoms with Crippen molar-refractivity contribution in [2.75, 3.05) is 0 Å². The van der Waals surface area contributed by atoms with E-state index >= 15 is 0 Å². The first-order valence-electron chi connectivity index (χ1n) is 6.26. The van der Waals surface area contributed by atoms with Crippen LogP contribution in [0, 0.1) is 0 Å². The number of thioether (sulfide) groups is 1. The predicted molar refractivity (Wildman–Crippen MR) is 77.8 cm³/mol. The first-order chi connectivity index (χ1) is 8.81. The van der Waals surface area contributed by atoms with E-state index in [1.54, 1.807) is 11.8 Å². The van der Waals surface area contributed by atoms with Crippen LogP contribution in [0.5, 0.6) is 0 Å². The molecule has 0 saturated heterocycles. The highest BCUT2D eigenvalue weighted by Gasteiger charge is 2.20. The van der Waals surface area contributed by atoms with Crippen LogP contribution >= 0.6 is 11.8 Å². The fraction of sp³-hybridized carbons (Fsp3) is 0.250. The van der Waals surface area contributed by atoms with Gasteiger partial charge in [0, 0.05) is 4.90 Å². The highest BCUT2D eigenvalue weighted by atomic mass is 32.2. The quantitative estimate of drug-likeness (QED) is 0.807. The van der Waals surface area contributed by atoms with Crippen molar-refractivity contribution in [2.24, 2.45) is 0 Å². The second-order valence-corrected chi connectivity index (χ2v) is 5.45. The van der Waals surface area contributed by atoms with Crippen molar-refractivity contribution in [3.8, 4) is 0 Å². The van der Waals surface area contributed by atoms with Gasteiger partial charge in [-0.25, -0.2) is 0 Å². The van der Waals surface area contributed by atoms with Crippen molar-refractivity contribution in [1.29, 1.82) is 0 Å². The Hall–Kier alpha value is -1.25. The molecule has 0 aromatic heterocycles. The zero-order valence-electron chi connectivity index (χ0n) is 10.5. The monoisotopic (exact) mass is 258 g/mol. The van der Waals surface area contributed by atoms with E-state index in [-0.39, 0.29) is 11.4 Å². The standard InChI is InChI=1S/C16H18OS/c1-2-15(17)16(13-9-5-3-6-10-13)18-14-11-7-4-8-12-14/h3-12,15-17H,2H2,1H3/t15-,16+/m0/s1. The van der Waals surface area contributed by atoms with Gasteiger partial charge in [-0.05, 0) is 24.1 Å². The molecule has 0 amide bonds. The fourth-order valence-electron chi connectivity index (χ4n) is 1.87. The van der Waals surface area contributed by atoms with Gasteiger partial charge >= 0.3 is 0 Å². The topological polar surface area (TPSA) is 20.2 Å². The summed E-state index contributed by atoms with van der Waals surface area (Å²) < 4.78 is 0. The first kappa shape index (κ1) is 13.2. The van der Waals surface area contributed by atoms with E-state index in [1.807, 2.05) is 43.3 Å². The molecule has 0 fully saturated rings. The molecule has 0 spiro atoms. The van der Waals surface area contributed by atoms with Gasteiger partial charge in [0.15, 0.2) is 0 Å². The number of aliphatic hydroxyl groups is 1. The Morgan fingerprint density at radius 2 is 1.50 bits per heavy atom. The largest absolute Gasteiger partial charge is 0.392 e. The normalized spacial score (nSPS) is 14.1. The molecule has 2 aromatic carbocycles. The average molecular weight is 258 g/mol. The van der Waals surface area contributed by atoms with Crippen LogP contribution in [0.3, 0.4) is 0 Å². The predicted octanol–water partition coefficient (Wildman–Crippen LogP) is 4.29. The van der Waals surface area contributed by atoms with Gasteiger partial charge in [0.2, 0.25) is 0 Å². The van der Waals surface area contributed by atoms with Gasteiger partial charge in [0.05, 0.1) is 11.4 Å². The molecule has 0 heterocycles. The van der Waals surface area contributed by atoms with Crippen LogP contribution in [0.4, 0.5) is 0 Å². The van der Waals surface area contributed by atoms with Crippen molar-refractivity contribution < 1.29 is 5.11 Å². The second-order valence-electron chi connectivity index (χ2n) is 4.24. The Kier molecular flexibility index (Phi) is 4.85.